The molecule has 2 atom stereocenters. The highest BCUT2D eigenvalue weighted by Gasteiger charge is 2.35. The van der Waals surface area contributed by atoms with Crippen molar-refractivity contribution in [2.75, 3.05) is 0 Å². The van der Waals surface area contributed by atoms with Crippen LogP contribution >= 0.6 is 0 Å². The van der Waals surface area contributed by atoms with E-state index in [4.69, 9.17) is 0 Å². The summed E-state index contributed by atoms with van der Waals surface area (Å²) in [6.07, 6.45) is -4.10. The number of aromatic amines is 1. The number of rotatable bonds is 2. The molecule has 1 aliphatic rings. The van der Waals surface area contributed by atoms with Gasteiger partial charge in [-0.25, -0.2) is 0 Å². The molecule has 2 unspecified atom stereocenters. The molecule has 0 saturated carbocycles. The second-order valence-corrected chi connectivity index (χ2v) is 6.38. The summed E-state index contributed by atoms with van der Waals surface area (Å²) in [5.41, 5.74) is 2.41. The molecule has 4 nitrogen and oxygen atoms in total. The van der Waals surface area contributed by atoms with Gasteiger partial charge in [-0.15, -0.1) is 0 Å². The fraction of sp³-hybridized carbons (Fsp3) is 0.211. The van der Waals surface area contributed by atoms with E-state index >= 15 is 0 Å². The van der Waals surface area contributed by atoms with Gasteiger partial charge in [-0.3, -0.25) is 10.1 Å². The average molecular weight is 360 g/mol. The van der Waals surface area contributed by atoms with Crippen molar-refractivity contribution in [1.82, 2.24) is 10.3 Å². The van der Waals surface area contributed by atoms with Crippen molar-refractivity contribution in [2.45, 2.75) is 24.7 Å². The number of hydrogen-bond donors (Lipinski definition) is 3. The lowest BCUT2D eigenvalue weighted by Gasteiger charge is -2.29. The molecule has 1 aromatic heterocycles. The van der Waals surface area contributed by atoms with E-state index in [1.807, 2.05) is 24.3 Å². The molecule has 134 valence electrons. The molecule has 1 aliphatic heterocycles. The van der Waals surface area contributed by atoms with Crippen molar-refractivity contribution < 1.29 is 23.1 Å². The molecule has 0 radical (unpaired) electrons. The number of nitrogens with one attached hydrogen (secondary N) is 2. The summed E-state index contributed by atoms with van der Waals surface area (Å²) < 4.78 is 38.4. The van der Waals surface area contributed by atoms with Crippen LogP contribution in [0.3, 0.4) is 0 Å². The summed E-state index contributed by atoms with van der Waals surface area (Å²) in [6.45, 7) is 0. The molecule has 26 heavy (non-hydrogen) atoms. The lowest BCUT2D eigenvalue weighted by atomic mass is 9.90. The first-order chi connectivity index (χ1) is 12.3. The molecular formula is C19H15F3N2O2. The van der Waals surface area contributed by atoms with Crippen LogP contribution in [0.25, 0.3) is 10.9 Å². The first kappa shape index (κ1) is 16.7. The zero-order valence-corrected chi connectivity index (χ0v) is 13.5. The van der Waals surface area contributed by atoms with E-state index in [1.54, 1.807) is 0 Å². The molecule has 0 bridgehead atoms. The number of aromatic nitrogens is 1. The normalized spacial score (nSPS) is 20.1. The summed E-state index contributed by atoms with van der Waals surface area (Å²) in [5.74, 6) is -0.988. The zero-order valence-electron chi connectivity index (χ0n) is 13.5. The number of carboxylic acid groups (broad SMARTS) is 1. The Bertz CT molecular complexity index is 977. The average Bonchev–Trinajstić information content (AvgIpc) is 2.99. The lowest BCUT2D eigenvalue weighted by Crippen LogP contribution is -2.44. The summed E-state index contributed by atoms with van der Waals surface area (Å²) in [7, 11) is 0. The molecule has 3 N–H and O–H groups in total. The predicted molar refractivity (Wildman–Crippen MR) is 89.8 cm³/mol. The van der Waals surface area contributed by atoms with Gasteiger partial charge in [0, 0.05) is 23.0 Å². The van der Waals surface area contributed by atoms with E-state index in [1.165, 1.54) is 12.1 Å². The number of carbonyl (C=O) groups is 1. The van der Waals surface area contributed by atoms with Crippen LogP contribution in [0.15, 0.2) is 48.5 Å². The number of halogens is 3. The Hall–Kier alpha value is -2.80. The summed E-state index contributed by atoms with van der Waals surface area (Å²) >= 11 is 0. The molecule has 4 rings (SSSR count). The third kappa shape index (κ3) is 2.74. The first-order valence-electron chi connectivity index (χ1n) is 8.10. The van der Waals surface area contributed by atoms with Gasteiger partial charge in [0.15, 0.2) is 0 Å². The van der Waals surface area contributed by atoms with E-state index in [0.717, 1.165) is 34.3 Å². The quantitative estimate of drug-likeness (QED) is 0.650. The lowest BCUT2D eigenvalue weighted by molar-refractivity contribution is -0.140. The Balaban J connectivity index is 1.82. The van der Waals surface area contributed by atoms with Gasteiger partial charge in [0.2, 0.25) is 0 Å². The molecule has 0 spiro atoms. The monoisotopic (exact) mass is 360 g/mol. The number of H-pyrrole nitrogens is 1. The van der Waals surface area contributed by atoms with Gasteiger partial charge >= 0.3 is 12.1 Å². The van der Waals surface area contributed by atoms with Gasteiger partial charge in [-0.2, -0.15) is 13.2 Å². The third-order valence-electron chi connectivity index (χ3n) is 4.78. The minimum absolute atomic E-state index is 0.311. The van der Waals surface area contributed by atoms with E-state index in [0.29, 0.717) is 12.0 Å². The Morgan fingerprint density at radius 2 is 1.77 bits per heavy atom. The SMILES string of the molecule is O=C(O)C1Cc2c([nH]c3ccccc23)C(c2ccc(C(F)(F)F)cc2)N1. The van der Waals surface area contributed by atoms with Crippen molar-refractivity contribution in [3.63, 3.8) is 0 Å². The van der Waals surface area contributed by atoms with Gasteiger partial charge in [0.05, 0.1) is 11.6 Å². The minimum Gasteiger partial charge on any atom is -0.480 e. The first-order valence-corrected chi connectivity index (χ1v) is 8.10. The molecule has 0 saturated heterocycles. The van der Waals surface area contributed by atoms with Crippen LogP contribution in [0.4, 0.5) is 13.2 Å². The number of hydrogen-bond acceptors (Lipinski definition) is 2. The van der Waals surface area contributed by atoms with Crippen molar-refractivity contribution >= 4 is 16.9 Å². The Morgan fingerprint density at radius 1 is 1.08 bits per heavy atom. The number of aliphatic carboxylic acids is 1. The smallest absolute Gasteiger partial charge is 0.416 e. The van der Waals surface area contributed by atoms with Crippen LogP contribution in [0, 0.1) is 0 Å². The number of benzene rings is 2. The number of alkyl halides is 3. The Labute approximate surface area is 146 Å². The molecular weight excluding hydrogens is 345 g/mol. The van der Waals surface area contributed by atoms with E-state index in [2.05, 4.69) is 10.3 Å². The maximum Gasteiger partial charge on any atom is 0.416 e. The fourth-order valence-corrected chi connectivity index (χ4v) is 3.52. The molecule has 0 aliphatic carbocycles. The highest BCUT2D eigenvalue weighted by Crippen LogP contribution is 2.36. The number of carboxylic acids is 1. The van der Waals surface area contributed by atoms with Crippen LogP contribution in [0.5, 0.6) is 0 Å². The molecule has 0 amide bonds. The standard InChI is InChI=1S/C19H15F3N2O2/c20-19(21,22)11-7-5-10(6-8-11)16-17-13(9-15(24-16)18(25)26)12-3-1-2-4-14(12)23-17/h1-8,15-16,23-24H,9H2,(H,25,26). The summed E-state index contributed by atoms with van der Waals surface area (Å²) in [6, 6.07) is 11.0. The molecule has 2 heterocycles. The summed E-state index contributed by atoms with van der Waals surface area (Å²) in [5, 5.41) is 13.4. The highest BCUT2D eigenvalue weighted by molar-refractivity contribution is 5.87. The maximum atomic E-state index is 12.8. The Kier molecular flexibility index (Phi) is 3.77. The van der Waals surface area contributed by atoms with Crippen molar-refractivity contribution in [2.24, 2.45) is 0 Å². The molecule has 0 fully saturated rings. The van der Waals surface area contributed by atoms with Gasteiger partial charge in [-0.1, -0.05) is 30.3 Å². The van der Waals surface area contributed by atoms with Crippen LogP contribution in [0.1, 0.15) is 28.4 Å². The van der Waals surface area contributed by atoms with Crippen LogP contribution in [-0.2, 0) is 17.4 Å². The van der Waals surface area contributed by atoms with Gasteiger partial charge < -0.3 is 10.1 Å². The fourth-order valence-electron chi connectivity index (χ4n) is 3.52. The van der Waals surface area contributed by atoms with E-state index in [-0.39, 0.29) is 0 Å². The second-order valence-electron chi connectivity index (χ2n) is 6.38. The summed E-state index contributed by atoms with van der Waals surface area (Å²) in [4.78, 5) is 14.9. The van der Waals surface area contributed by atoms with Crippen LogP contribution in [-0.4, -0.2) is 22.1 Å². The highest BCUT2D eigenvalue weighted by atomic mass is 19.4. The van der Waals surface area contributed by atoms with Crippen LogP contribution < -0.4 is 5.32 Å². The van der Waals surface area contributed by atoms with Gasteiger partial charge in [0.25, 0.3) is 0 Å². The topological polar surface area (TPSA) is 65.1 Å². The zero-order chi connectivity index (χ0) is 18.5. The minimum atomic E-state index is -4.41. The maximum absolute atomic E-state index is 12.8. The number of fused-ring (bicyclic) bond motifs is 3. The number of para-hydroxylation sites is 1. The van der Waals surface area contributed by atoms with Crippen molar-refractivity contribution in [3.8, 4) is 0 Å². The van der Waals surface area contributed by atoms with Crippen molar-refractivity contribution in [3.05, 3.63) is 70.9 Å². The molecule has 7 heteroatoms. The molecule has 2 aromatic carbocycles. The van der Waals surface area contributed by atoms with Gasteiger partial charge in [0.1, 0.15) is 6.04 Å². The van der Waals surface area contributed by atoms with Crippen LogP contribution in [0.2, 0.25) is 0 Å². The second kappa shape index (κ2) is 5.88. The Morgan fingerprint density at radius 3 is 2.42 bits per heavy atom. The largest absolute Gasteiger partial charge is 0.480 e. The van der Waals surface area contributed by atoms with E-state index in [9.17, 15) is 23.1 Å². The van der Waals surface area contributed by atoms with Crippen molar-refractivity contribution in [1.29, 1.82) is 0 Å². The van der Waals surface area contributed by atoms with E-state index < -0.39 is 29.8 Å². The molecule has 3 aromatic rings. The predicted octanol–water partition coefficient (Wildman–Crippen LogP) is 3.88. The third-order valence-corrected chi connectivity index (χ3v) is 4.78. The van der Waals surface area contributed by atoms with Gasteiger partial charge in [-0.05, 0) is 29.3 Å².